The molecule has 0 spiro atoms. The minimum atomic E-state index is -0.598. The van der Waals surface area contributed by atoms with Crippen molar-refractivity contribution in [2.45, 2.75) is 0 Å². The SMILES string of the molecule is Fc1cc(Br)cnc1Nc1c(F)cccc1Cl. The van der Waals surface area contributed by atoms with Crippen LogP contribution in [0, 0.1) is 11.6 Å². The second-order valence-electron chi connectivity index (χ2n) is 3.21. The Labute approximate surface area is 110 Å². The topological polar surface area (TPSA) is 24.9 Å². The first kappa shape index (κ1) is 12.3. The van der Waals surface area contributed by atoms with E-state index in [1.54, 1.807) is 0 Å². The molecule has 0 bridgehead atoms. The Balaban J connectivity index is 2.38. The summed E-state index contributed by atoms with van der Waals surface area (Å²) in [6, 6.07) is 5.42. The number of nitrogens with one attached hydrogen (secondary N) is 1. The van der Waals surface area contributed by atoms with Gasteiger partial charge in [-0.25, -0.2) is 13.8 Å². The van der Waals surface area contributed by atoms with E-state index >= 15 is 0 Å². The number of pyridine rings is 1. The van der Waals surface area contributed by atoms with Crippen LogP contribution in [0.25, 0.3) is 0 Å². The zero-order valence-electron chi connectivity index (χ0n) is 8.35. The van der Waals surface area contributed by atoms with Gasteiger partial charge in [0.25, 0.3) is 0 Å². The Bertz CT molecular complexity index is 543. The van der Waals surface area contributed by atoms with E-state index in [1.807, 2.05) is 0 Å². The Hall–Kier alpha value is -1.20. The number of nitrogens with zero attached hydrogens (tertiary/aromatic N) is 1. The number of hydrogen-bond donors (Lipinski definition) is 1. The lowest BCUT2D eigenvalue weighted by molar-refractivity contribution is 0.621. The third-order valence-electron chi connectivity index (χ3n) is 2.01. The monoisotopic (exact) mass is 318 g/mol. The summed E-state index contributed by atoms with van der Waals surface area (Å²) in [6.07, 6.45) is 1.40. The van der Waals surface area contributed by atoms with Crippen molar-refractivity contribution in [2.75, 3.05) is 5.32 Å². The molecule has 0 fully saturated rings. The minimum absolute atomic E-state index is 0.00268. The summed E-state index contributed by atoms with van der Waals surface area (Å²) < 4.78 is 27.4. The minimum Gasteiger partial charge on any atom is -0.334 e. The average Bonchev–Trinajstić information content (AvgIpc) is 2.26. The molecule has 1 aromatic carbocycles. The molecule has 2 rings (SSSR count). The summed E-state index contributed by atoms with van der Waals surface area (Å²) in [4.78, 5) is 3.80. The van der Waals surface area contributed by atoms with Crippen LogP contribution >= 0.6 is 27.5 Å². The summed E-state index contributed by atoms with van der Waals surface area (Å²) in [5, 5.41) is 2.68. The molecule has 17 heavy (non-hydrogen) atoms. The number of rotatable bonds is 2. The predicted molar refractivity (Wildman–Crippen MR) is 66.6 cm³/mol. The summed E-state index contributed by atoms with van der Waals surface area (Å²) in [5.74, 6) is -1.25. The van der Waals surface area contributed by atoms with Crippen molar-refractivity contribution in [2.24, 2.45) is 0 Å². The molecule has 1 N–H and O–H groups in total. The van der Waals surface area contributed by atoms with Gasteiger partial charge in [-0.1, -0.05) is 17.7 Å². The highest BCUT2D eigenvalue weighted by molar-refractivity contribution is 9.10. The fourth-order valence-electron chi connectivity index (χ4n) is 1.24. The molecule has 0 amide bonds. The van der Waals surface area contributed by atoms with E-state index in [-0.39, 0.29) is 16.5 Å². The van der Waals surface area contributed by atoms with Crippen molar-refractivity contribution in [3.63, 3.8) is 0 Å². The highest BCUT2D eigenvalue weighted by Crippen LogP contribution is 2.28. The van der Waals surface area contributed by atoms with Crippen LogP contribution in [0.4, 0.5) is 20.3 Å². The van der Waals surface area contributed by atoms with Gasteiger partial charge in [0, 0.05) is 10.7 Å². The van der Waals surface area contributed by atoms with Crippen LogP contribution < -0.4 is 5.32 Å². The third-order valence-corrected chi connectivity index (χ3v) is 2.76. The van der Waals surface area contributed by atoms with Gasteiger partial charge in [-0.15, -0.1) is 0 Å². The first-order valence-electron chi connectivity index (χ1n) is 4.60. The Morgan fingerprint density at radius 2 is 2.00 bits per heavy atom. The molecule has 0 aliphatic heterocycles. The summed E-state index contributed by atoms with van der Waals surface area (Å²) in [7, 11) is 0. The van der Waals surface area contributed by atoms with Crippen molar-refractivity contribution >= 4 is 39.0 Å². The van der Waals surface area contributed by atoms with Crippen LogP contribution in [-0.2, 0) is 0 Å². The number of halogens is 4. The van der Waals surface area contributed by atoms with Crippen LogP contribution in [0.2, 0.25) is 5.02 Å². The fraction of sp³-hybridized carbons (Fsp3) is 0. The summed E-state index contributed by atoms with van der Waals surface area (Å²) in [6.45, 7) is 0. The molecule has 2 nitrogen and oxygen atoms in total. The molecule has 1 aromatic heterocycles. The maximum absolute atomic E-state index is 13.5. The number of para-hydroxylation sites is 1. The number of anilines is 2. The molecule has 1 heterocycles. The molecule has 0 atom stereocenters. The van der Waals surface area contributed by atoms with Crippen molar-refractivity contribution < 1.29 is 8.78 Å². The smallest absolute Gasteiger partial charge is 0.166 e. The quantitative estimate of drug-likeness (QED) is 0.880. The van der Waals surface area contributed by atoms with Gasteiger partial charge in [-0.05, 0) is 34.1 Å². The second-order valence-corrected chi connectivity index (χ2v) is 4.53. The molecule has 0 radical (unpaired) electrons. The first-order chi connectivity index (χ1) is 8.08. The fourth-order valence-corrected chi connectivity index (χ4v) is 1.76. The zero-order valence-corrected chi connectivity index (χ0v) is 10.7. The number of benzene rings is 1. The van der Waals surface area contributed by atoms with E-state index in [4.69, 9.17) is 11.6 Å². The van der Waals surface area contributed by atoms with Crippen LogP contribution in [0.3, 0.4) is 0 Å². The van der Waals surface area contributed by atoms with Gasteiger partial charge in [-0.3, -0.25) is 0 Å². The van der Waals surface area contributed by atoms with Crippen molar-refractivity contribution in [1.29, 1.82) is 0 Å². The van der Waals surface area contributed by atoms with E-state index in [2.05, 4.69) is 26.2 Å². The molecule has 88 valence electrons. The van der Waals surface area contributed by atoms with Gasteiger partial charge in [0.2, 0.25) is 0 Å². The van der Waals surface area contributed by atoms with Crippen LogP contribution in [0.15, 0.2) is 34.9 Å². The maximum atomic E-state index is 13.5. The molecule has 0 aliphatic rings. The van der Waals surface area contributed by atoms with E-state index in [0.717, 1.165) is 0 Å². The highest BCUT2D eigenvalue weighted by Gasteiger charge is 2.10. The standard InChI is InChI=1S/C11H6BrClF2N2/c12-6-4-9(15)11(16-5-6)17-10-7(13)2-1-3-8(10)14/h1-5H,(H,16,17). The van der Waals surface area contributed by atoms with Gasteiger partial charge in [0.05, 0.1) is 10.7 Å². The van der Waals surface area contributed by atoms with Crippen molar-refractivity contribution in [3.8, 4) is 0 Å². The van der Waals surface area contributed by atoms with E-state index in [0.29, 0.717) is 4.47 Å². The van der Waals surface area contributed by atoms with E-state index in [9.17, 15) is 8.78 Å². The largest absolute Gasteiger partial charge is 0.334 e. The summed E-state index contributed by atoms with van der Waals surface area (Å²) >= 11 is 8.88. The first-order valence-corrected chi connectivity index (χ1v) is 5.77. The lowest BCUT2D eigenvalue weighted by atomic mass is 10.3. The van der Waals surface area contributed by atoms with Crippen LogP contribution in [0.5, 0.6) is 0 Å². The van der Waals surface area contributed by atoms with E-state index < -0.39 is 11.6 Å². The van der Waals surface area contributed by atoms with Crippen LogP contribution in [0.1, 0.15) is 0 Å². The Morgan fingerprint density at radius 1 is 1.24 bits per heavy atom. The zero-order chi connectivity index (χ0) is 12.4. The molecule has 0 saturated heterocycles. The summed E-state index contributed by atoms with van der Waals surface area (Å²) in [5.41, 5.74) is 0.00268. The number of hydrogen-bond acceptors (Lipinski definition) is 2. The molecule has 0 saturated carbocycles. The van der Waals surface area contributed by atoms with Gasteiger partial charge >= 0.3 is 0 Å². The Morgan fingerprint density at radius 3 is 2.65 bits per heavy atom. The van der Waals surface area contributed by atoms with Gasteiger partial charge < -0.3 is 5.32 Å². The van der Waals surface area contributed by atoms with Gasteiger partial charge in [0.1, 0.15) is 5.82 Å². The van der Waals surface area contributed by atoms with Gasteiger partial charge in [-0.2, -0.15) is 0 Å². The lowest BCUT2D eigenvalue weighted by Crippen LogP contribution is -1.99. The lowest BCUT2D eigenvalue weighted by Gasteiger charge is -2.09. The molecule has 6 heteroatoms. The molecule has 2 aromatic rings. The van der Waals surface area contributed by atoms with E-state index in [1.165, 1.54) is 30.5 Å². The van der Waals surface area contributed by atoms with Crippen LogP contribution in [-0.4, -0.2) is 4.98 Å². The molecule has 0 aliphatic carbocycles. The molecular formula is C11H6BrClF2N2. The number of aromatic nitrogens is 1. The van der Waals surface area contributed by atoms with Crippen molar-refractivity contribution in [1.82, 2.24) is 4.98 Å². The predicted octanol–water partition coefficient (Wildman–Crippen LogP) is 4.52. The molecule has 0 unspecified atom stereocenters. The van der Waals surface area contributed by atoms with Gasteiger partial charge in [0.15, 0.2) is 11.6 Å². The Kier molecular flexibility index (Phi) is 3.59. The molecular weight excluding hydrogens is 313 g/mol. The van der Waals surface area contributed by atoms with Crippen molar-refractivity contribution in [3.05, 3.63) is 51.6 Å². The third kappa shape index (κ3) is 2.73. The average molecular weight is 320 g/mol. The maximum Gasteiger partial charge on any atom is 0.166 e. The second kappa shape index (κ2) is 4.98. The normalized spacial score (nSPS) is 10.4. The highest BCUT2D eigenvalue weighted by atomic mass is 79.9.